The maximum atomic E-state index is 15.2. The van der Waals surface area contributed by atoms with Gasteiger partial charge in [-0.25, -0.2) is 0 Å². The molecule has 1 spiro atoms. The number of Topliss-reactive ketones (excluding diaryl/α,β-unsaturated/α-hetero) is 2. The van der Waals surface area contributed by atoms with Crippen LogP contribution in [0.3, 0.4) is 0 Å². The zero-order valence-electron chi connectivity index (χ0n) is 27.4. The maximum absolute atomic E-state index is 15.2. The van der Waals surface area contributed by atoms with E-state index >= 15 is 4.79 Å². The van der Waals surface area contributed by atoms with Gasteiger partial charge in [-0.15, -0.1) is 0 Å². The number of ketones is 2. The molecule has 3 heterocycles. The highest BCUT2D eigenvalue weighted by atomic mass is 16.6. The van der Waals surface area contributed by atoms with Crippen molar-refractivity contribution in [3.63, 3.8) is 0 Å². The van der Waals surface area contributed by atoms with E-state index in [0.29, 0.717) is 28.9 Å². The number of hydrogen-bond donors (Lipinski definition) is 1. The minimum Gasteiger partial charge on any atom is -0.507 e. The third-order valence-corrected chi connectivity index (χ3v) is 11.4. The zero-order chi connectivity index (χ0) is 32.4. The Balaban J connectivity index is 1.72. The molecule has 3 aliphatic heterocycles. The number of phenolic OH excluding ortho intramolecular Hbond substituents is 1. The summed E-state index contributed by atoms with van der Waals surface area (Å²) in [6, 6.07) is 0. The van der Waals surface area contributed by atoms with Crippen LogP contribution >= 0.6 is 0 Å². The lowest BCUT2D eigenvalue weighted by atomic mass is 9.44. The van der Waals surface area contributed by atoms with E-state index in [1.165, 1.54) is 14.2 Å². The van der Waals surface area contributed by atoms with Gasteiger partial charge in [0.25, 0.3) is 0 Å². The molecule has 4 fully saturated rings. The zero-order valence-corrected chi connectivity index (χ0v) is 27.4. The topological polar surface area (TPSA) is 118 Å². The Labute approximate surface area is 258 Å². The fourth-order valence-corrected chi connectivity index (χ4v) is 8.92. The van der Waals surface area contributed by atoms with Crippen LogP contribution in [-0.4, -0.2) is 71.8 Å². The Kier molecular flexibility index (Phi) is 6.69. The Hall–Kier alpha value is -3.01. The smallest absolute Gasteiger partial charge is 0.203 e. The van der Waals surface area contributed by atoms with Crippen LogP contribution < -0.4 is 9.47 Å². The van der Waals surface area contributed by atoms with E-state index in [1.54, 1.807) is 13.0 Å². The molecule has 0 radical (unpaired) electrons. The van der Waals surface area contributed by atoms with Gasteiger partial charge in [0, 0.05) is 43.1 Å². The standard InChI is InChI=1S/C35H44O9/c1-17(2)11-12-20-25(37)22-26(38)23-29(40-9)33(41-10)15-21-32(7,8)44-34(30(33)39,14-13-18(3)16-36)35(21,23)43-28(22)24-27(20)42-19(4)31(24,5)6/h11,13,16,19,21,23,29,37H,12,14-15H2,1-10H3/b18-13+/t19-,21-,23-,29-,33-,34+,35-/m0/s1. The second-order valence-electron chi connectivity index (χ2n) is 14.6. The molecule has 7 atom stereocenters. The second-order valence-corrected chi connectivity index (χ2v) is 14.6. The van der Waals surface area contributed by atoms with Crippen LogP contribution in [0.4, 0.5) is 0 Å². The molecular weight excluding hydrogens is 564 g/mol. The van der Waals surface area contributed by atoms with Crippen LogP contribution in [0.1, 0.15) is 89.7 Å². The second kappa shape index (κ2) is 9.50. The third-order valence-electron chi connectivity index (χ3n) is 11.4. The number of aromatic hydroxyl groups is 1. The highest BCUT2D eigenvalue weighted by Gasteiger charge is 2.89. The monoisotopic (exact) mass is 608 g/mol. The van der Waals surface area contributed by atoms with E-state index in [0.717, 1.165) is 11.9 Å². The summed E-state index contributed by atoms with van der Waals surface area (Å²) in [4.78, 5) is 41.8. The minimum atomic E-state index is -1.68. The number of carbonyl (C=O) groups is 3. The van der Waals surface area contributed by atoms with E-state index < -0.39 is 45.8 Å². The highest BCUT2D eigenvalue weighted by Crippen LogP contribution is 2.72. The molecule has 1 N–H and O–H groups in total. The lowest BCUT2D eigenvalue weighted by molar-refractivity contribution is -0.267. The van der Waals surface area contributed by atoms with Crippen molar-refractivity contribution >= 4 is 17.9 Å². The van der Waals surface area contributed by atoms with Crippen LogP contribution in [0.2, 0.25) is 0 Å². The Bertz CT molecular complexity index is 1550. The van der Waals surface area contributed by atoms with Crippen LogP contribution in [-0.2, 0) is 35.6 Å². The van der Waals surface area contributed by atoms with Crippen LogP contribution in [0.5, 0.6) is 17.2 Å². The van der Waals surface area contributed by atoms with E-state index in [9.17, 15) is 14.7 Å². The number of methoxy groups -OCH3 is 2. The summed E-state index contributed by atoms with van der Waals surface area (Å²) in [7, 11) is 2.93. The first-order valence-corrected chi connectivity index (χ1v) is 15.4. The van der Waals surface area contributed by atoms with Gasteiger partial charge < -0.3 is 28.8 Å². The summed E-state index contributed by atoms with van der Waals surface area (Å²) in [5.41, 5.74) is -3.43. The number of phenols is 1. The van der Waals surface area contributed by atoms with Gasteiger partial charge in [-0.3, -0.25) is 14.4 Å². The number of ether oxygens (including phenoxy) is 5. The largest absolute Gasteiger partial charge is 0.507 e. The summed E-state index contributed by atoms with van der Waals surface area (Å²) < 4.78 is 32.7. The molecule has 0 unspecified atom stereocenters. The highest BCUT2D eigenvalue weighted by molar-refractivity contribution is 6.11. The van der Waals surface area contributed by atoms with Crippen LogP contribution in [0.25, 0.3) is 0 Å². The van der Waals surface area contributed by atoms with Gasteiger partial charge >= 0.3 is 0 Å². The normalized spacial score (nSPS) is 37.1. The summed E-state index contributed by atoms with van der Waals surface area (Å²) >= 11 is 0. The number of aldehydes is 1. The molecule has 4 bridgehead atoms. The SMILES string of the molecule is CO[C@H]1[C@@H]2C(=O)c3c(O)c(CC=C(C)C)c4c(c3O[C@@]23[C@H]2C[C@@]1(OC)C(=O)[C@@]3(C/C=C(\C)C=O)OC2(C)C)C(C)(C)[C@H](C)O4. The van der Waals surface area contributed by atoms with Crippen LogP contribution in [0.15, 0.2) is 23.3 Å². The predicted octanol–water partition coefficient (Wildman–Crippen LogP) is 4.98. The number of allylic oxidation sites excluding steroid dienone is 3. The molecular formula is C35H44O9. The van der Waals surface area contributed by atoms with Crippen molar-refractivity contribution < 1.29 is 43.2 Å². The molecule has 7 rings (SSSR count). The van der Waals surface area contributed by atoms with Gasteiger partial charge in [-0.05, 0) is 60.0 Å². The first-order chi connectivity index (χ1) is 20.5. The number of rotatable bonds is 7. The average molecular weight is 609 g/mol. The molecule has 1 aromatic rings. The first kappa shape index (κ1) is 31.0. The summed E-state index contributed by atoms with van der Waals surface area (Å²) in [6.07, 6.45) is 3.67. The van der Waals surface area contributed by atoms with Crippen molar-refractivity contribution in [2.45, 2.75) is 115 Å². The van der Waals surface area contributed by atoms with Crippen molar-refractivity contribution in [1.82, 2.24) is 0 Å². The molecule has 0 amide bonds. The summed E-state index contributed by atoms with van der Waals surface area (Å²) in [6.45, 7) is 15.4. The van der Waals surface area contributed by atoms with Gasteiger partial charge in [0.1, 0.15) is 41.3 Å². The summed E-state index contributed by atoms with van der Waals surface area (Å²) in [5.74, 6) is -1.72. The molecule has 3 saturated carbocycles. The first-order valence-electron chi connectivity index (χ1n) is 15.4. The average Bonchev–Trinajstić information content (AvgIpc) is 3.28. The molecule has 1 saturated heterocycles. The Morgan fingerprint density at radius 3 is 2.34 bits per heavy atom. The van der Waals surface area contributed by atoms with E-state index in [2.05, 4.69) is 0 Å². The molecule has 3 aliphatic carbocycles. The molecule has 0 aromatic heterocycles. The maximum Gasteiger partial charge on any atom is 0.203 e. The molecule has 6 aliphatic rings. The van der Waals surface area contributed by atoms with Crippen molar-refractivity contribution in [3.05, 3.63) is 40.0 Å². The van der Waals surface area contributed by atoms with Gasteiger partial charge in [-0.2, -0.15) is 0 Å². The van der Waals surface area contributed by atoms with Crippen molar-refractivity contribution in [2.75, 3.05) is 14.2 Å². The predicted molar refractivity (Wildman–Crippen MR) is 162 cm³/mol. The quantitative estimate of drug-likeness (QED) is 0.260. The lowest BCUT2D eigenvalue weighted by Gasteiger charge is -2.65. The van der Waals surface area contributed by atoms with Crippen molar-refractivity contribution in [3.8, 4) is 17.2 Å². The lowest BCUT2D eigenvalue weighted by Crippen LogP contribution is -2.86. The van der Waals surface area contributed by atoms with Crippen molar-refractivity contribution in [2.24, 2.45) is 11.8 Å². The van der Waals surface area contributed by atoms with Crippen LogP contribution in [0, 0.1) is 11.8 Å². The van der Waals surface area contributed by atoms with Gasteiger partial charge in [0.05, 0.1) is 11.5 Å². The number of fused-ring (bicyclic) bond motifs is 3. The van der Waals surface area contributed by atoms with Gasteiger partial charge in [0.2, 0.25) is 5.78 Å². The van der Waals surface area contributed by atoms with E-state index in [4.69, 9.17) is 23.7 Å². The third kappa shape index (κ3) is 3.44. The Morgan fingerprint density at radius 2 is 1.75 bits per heavy atom. The molecule has 238 valence electrons. The number of benzene rings is 1. The van der Waals surface area contributed by atoms with E-state index in [-0.39, 0.29) is 47.6 Å². The van der Waals surface area contributed by atoms with Gasteiger partial charge in [-0.1, -0.05) is 31.6 Å². The molecule has 44 heavy (non-hydrogen) atoms. The molecule has 1 aromatic carbocycles. The summed E-state index contributed by atoms with van der Waals surface area (Å²) in [5, 5.41) is 11.9. The van der Waals surface area contributed by atoms with Gasteiger partial charge in [0.15, 0.2) is 22.6 Å². The fraction of sp³-hybridized carbons (Fsp3) is 0.629. The number of carbonyl (C=O) groups excluding carboxylic acids is 3. The van der Waals surface area contributed by atoms with Crippen molar-refractivity contribution in [1.29, 1.82) is 0 Å². The fourth-order valence-electron chi connectivity index (χ4n) is 8.92. The minimum absolute atomic E-state index is 0.000117. The molecule has 9 nitrogen and oxygen atoms in total. The molecule has 9 heteroatoms. The number of hydrogen-bond acceptors (Lipinski definition) is 9. The Morgan fingerprint density at radius 1 is 1.07 bits per heavy atom. The van der Waals surface area contributed by atoms with E-state index in [1.807, 2.05) is 54.5 Å².